The van der Waals surface area contributed by atoms with E-state index in [0.717, 1.165) is 16.7 Å². The maximum atomic E-state index is 13.2. The number of nitrogens with one attached hydrogen (secondary N) is 1. The highest BCUT2D eigenvalue weighted by Crippen LogP contribution is 2.49. The molecule has 2 N–H and O–H groups in total. The maximum Gasteiger partial charge on any atom is 0.260 e. The number of amides is 1. The summed E-state index contributed by atoms with van der Waals surface area (Å²) < 4.78 is 28.0. The van der Waals surface area contributed by atoms with Crippen LogP contribution in [-0.2, 0) is 4.79 Å². The lowest BCUT2D eigenvalue weighted by Gasteiger charge is -2.13. The van der Waals surface area contributed by atoms with Crippen molar-refractivity contribution in [3.8, 4) is 11.1 Å². The van der Waals surface area contributed by atoms with Gasteiger partial charge in [-0.2, -0.15) is 5.10 Å². The van der Waals surface area contributed by atoms with Crippen LogP contribution in [0, 0.1) is 12.8 Å². The Morgan fingerprint density at radius 2 is 2.00 bits per heavy atom. The van der Waals surface area contributed by atoms with Gasteiger partial charge in [0.1, 0.15) is 18.1 Å². The molecule has 35 heavy (non-hydrogen) atoms. The number of rotatable bonds is 6. The Balaban J connectivity index is 0.00000141. The Kier molecular flexibility index (Phi) is 6.58. The lowest BCUT2D eigenvalue weighted by atomic mass is 10.0. The summed E-state index contributed by atoms with van der Waals surface area (Å²) >= 11 is 0. The Morgan fingerprint density at radius 3 is 2.66 bits per heavy atom. The third kappa shape index (κ3) is 4.61. The van der Waals surface area contributed by atoms with Crippen LogP contribution in [0.15, 0.2) is 49.6 Å². The molecule has 182 valence electrons. The molecule has 1 saturated carbocycles. The number of alkyl halides is 2. The fourth-order valence-corrected chi connectivity index (χ4v) is 3.87. The summed E-state index contributed by atoms with van der Waals surface area (Å²) in [6, 6.07) is 5.29. The summed E-state index contributed by atoms with van der Waals surface area (Å²) in [6.07, 6.45) is 5.51. The molecular formula is C25H26F2N6O2. The van der Waals surface area contributed by atoms with E-state index in [2.05, 4.69) is 31.9 Å². The number of fused-ring (bicyclic) bond motifs is 3. The van der Waals surface area contributed by atoms with E-state index in [0.29, 0.717) is 28.7 Å². The molecule has 0 aromatic carbocycles. The van der Waals surface area contributed by atoms with Gasteiger partial charge >= 0.3 is 0 Å². The fourth-order valence-electron chi connectivity index (χ4n) is 3.87. The van der Waals surface area contributed by atoms with Gasteiger partial charge in [-0.3, -0.25) is 9.78 Å². The molecule has 2 atom stereocenters. The molecule has 0 aliphatic heterocycles. The first-order chi connectivity index (χ1) is 16.8. The fraction of sp³-hybridized carbons (Fsp3) is 0.320. The van der Waals surface area contributed by atoms with Crippen LogP contribution in [0.2, 0.25) is 0 Å². The monoisotopic (exact) mass is 480 g/mol. The summed E-state index contributed by atoms with van der Waals surface area (Å²) in [4.78, 5) is 25.0. The van der Waals surface area contributed by atoms with Crippen molar-refractivity contribution in [3.05, 3.63) is 60.8 Å². The molecule has 4 aromatic rings. The van der Waals surface area contributed by atoms with Crippen LogP contribution in [0.5, 0.6) is 0 Å². The number of hydrogen-bond donors (Lipinski definition) is 2. The minimum atomic E-state index is -2.95. The average molecular weight is 481 g/mol. The second-order valence-corrected chi connectivity index (χ2v) is 8.15. The SMILES string of the molecule is C=CCC(O)c1cc(C)c(-c2cc3cnc(NC(=O)C4CC4(F)F)cc3n3ncnc23)cn1.CC. The number of aromatic nitrogens is 5. The number of anilines is 1. The Labute approximate surface area is 200 Å². The van der Waals surface area contributed by atoms with Crippen LogP contribution in [-0.4, -0.2) is 41.5 Å². The highest BCUT2D eigenvalue weighted by Gasteiger charge is 2.61. The van der Waals surface area contributed by atoms with Crippen molar-refractivity contribution in [2.24, 2.45) is 5.92 Å². The number of hydrogen-bond acceptors (Lipinski definition) is 6. The first kappa shape index (κ1) is 24.3. The van der Waals surface area contributed by atoms with Gasteiger partial charge in [0.05, 0.1) is 17.3 Å². The zero-order chi connectivity index (χ0) is 25.3. The van der Waals surface area contributed by atoms with Gasteiger partial charge in [-0.1, -0.05) is 19.9 Å². The first-order valence-electron chi connectivity index (χ1n) is 11.4. The second kappa shape index (κ2) is 9.46. The molecule has 1 fully saturated rings. The molecule has 1 aliphatic rings. The molecular weight excluding hydrogens is 454 g/mol. The van der Waals surface area contributed by atoms with Crippen LogP contribution in [0.3, 0.4) is 0 Å². The van der Waals surface area contributed by atoms with E-state index in [4.69, 9.17) is 0 Å². The Morgan fingerprint density at radius 1 is 1.26 bits per heavy atom. The first-order valence-corrected chi connectivity index (χ1v) is 11.4. The van der Waals surface area contributed by atoms with E-state index in [9.17, 15) is 18.7 Å². The average Bonchev–Trinajstić information content (AvgIpc) is 3.24. The molecule has 10 heteroatoms. The molecule has 0 spiro atoms. The maximum absolute atomic E-state index is 13.2. The normalized spacial score (nSPS) is 16.9. The van der Waals surface area contributed by atoms with Crippen LogP contribution in [0.25, 0.3) is 27.7 Å². The zero-order valence-electron chi connectivity index (χ0n) is 19.7. The third-order valence-electron chi connectivity index (χ3n) is 5.78. The molecule has 4 aromatic heterocycles. The standard InChI is InChI=1S/C23H20F2N6O2.C2H6/c1-3-4-19(32)17-5-12(2)15(10-26-17)14-6-13-9-27-20(30-22(33)16-8-23(16,24)25)7-18(13)31-21(14)28-11-29-31;1-2/h3,5-7,9-11,16,19,32H,1,4,8H2,2H3,(H,27,30,33);1-2H3. The van der Waals surface area contributed by atoms with Crippen LogP contribution in [0.1, 0.15) is 44.1 Å². The predicted octanol–water partition coefficient (Wildman–Crippen LogP) is 4.88. The summed E-state index contributed by atoms with van der Waals surface area (Å²) in [5.41, 5.74) is 4.21. The number of aliphatic hydroxyl groups is 1. The number of carbonyl (C=O) groups excluding carboxylic acids is 1. The minimum Gasteiger partial charge on any atom is -0.386 e. The van der Waals surface area contributed by atoms with Gasteiger partial charge < -0.3 is 10.4 Å². The van der Waals surface area contributed by atoms with Crippen LogP contribution < -0.4 is 5.32 Å². The molecule has 1 aliphatic carbocycles. The van der Waals surface area contributed by atoms with Crippen molar-refractivity contribution in [2.75, 3.05) is 5.32 Å². The number of halogens is 2. The smallest absolute Gasteiger partial charge is 0.260 e. The van der Waals surface area contributed by atoms with Gasteiger partial charge in [-0.05, 0) is 31.0 Å². The van der Waals surface area contributed by atoms with E-state index in [1.807, 2.05) is 32.9 Å². The number of nitrogens with zero attached hydrogens (tertiary/aromatic N) is 5. The van der Waals surface area contributed by atoms with Crippen LogP contribution >= 0.6 is 0 Å². The van der Waals surface area contributed by atoms with Crippen molar-refractivity contribution in [1.82, 2.24) is 24.6 Å². The van der Waals surface area contributed by atoms with E-state index in [-0.39, 0.29) is 5.82 Å². The molecule has 4 heterocycles. The summed E-state index contributed by atoms with van der Waals surface area (Å²) in [7, 11) is 0. The van der Waals surface area contributed by atoms with Crippen LogP contribution in [0.4, 0.5) is 14.6 Å². The number of carbonyl (C=O) groups is 1. The van der Waals surface area contributed by atoms with Gasteiger partial charge in [-0.25, -0.2) is 23.3 Å². The van der Waals surface area contributed by atoms with Gasteiger partial charge in [0, 0.05) is 41.4 Å². The summed E-state index contributed by atoms with van der Waals surface area (Å²) in [6.45, 7) is 9.56. The highest BCUT2D eigenvalue weighted by atomic mass is 19.3. The summed E-state index contributed by atoms with van der Waals surface area (Å²) in [5, 5.41) is 17.7. The van der Waals surface area contributed by atoms with Gasteiger partial charge in [0.2, 0.25) is 5.91 Å². The number of aliphatic hydroxyl groups excluding tert-OH is 1. The molecule has 0 bridgehead atoms. The lowest BCUT2D eigenvalue weighted by molar-refractivity contribution is -0.119. The Hall–Kier alpha value is -3.79. The van der Waals surface area contributed by atoms with Crippen molar-refractivity contribution >= 4 is 28.3 Å². The van der Waals surface area contributed by atoms with Crippen molar-refractivity contribution in [1.29, 1.82) is 0 Å². The quantitative estimate of drug-likeness (QED) is 0.381. The number of pyridine rings is 3. The molecule has 0 radical (unpaired) electrons. The van der Waals surface area contributed by atoms with Crippen molar-refractivity contribution in [2.45, 2.75) is 45.6 Å². The molecule has 1 amide bonds. The summed E-state index contributed by atoms with van der Waals surface area (Å²) in [5.74, 6) is -4.85. The predicted molar refractivity (Wildman–Crippen MR) is 129 cm³/mol. The van der Waals surface area contributed by atoms with Crippen molar-refractivity contribution in [3.63, 3.8) is 0 Å². The molecule has 5 rings (SSSR count). The topological polar surface area (TPSA) is 105 Å². The van der Waals surface area contributed by atoms with E-state index >= 15 is 0 Å². The van der Waals surface area contributed by atoms with E-state index < -0.39 is 30.3 Å². The Bertz CT molecular complexity index is 1420. The van der Waals surface area contributed by atoms with Crippen molar-refractivity contribution < 1.29 is 18.7 Å². The lowest BCUT2D eigenvalue weighted by Crippen LogP contribution is -2.18. The van der Waals surface area contributed by atoms with E-state index in [1.54, 1.807) is 29.1 Å². The largest absolute Gasteiger partial charge is 0.386 e. The van der Waals surface area contributed by atoms with Gasteiger partial charge in [0.25, 0.3) is 5.92 Å². The van der Waals surface area contributed by atoms with Gasteiger partial charge in [-0.15, -0.1) is 6.58 Å². The molecule has 0 saturated heterocycles. The minimum absolute atomic E-state index is 0.165. The van der Waals surface area contributed by atoms with Gasteiger partial charge in [0.15, 0.2) is 5.65 Å². The highest BCUT2D eigenvalue weighted by molar-refractivity contribution is 5.97. The molecule has 8 nitrogen and oxygen atoms in total. The number of aryl methyl sites for hydroxylation is 1. The zero-order valence-corrected chi connectivity index (χ0v) is 19.7. The molecule has 2 unspecified atom stereocenters. The third-order valence-corrected chi connectivity index (χ3v) is 5.78. The van der Waals surface area contributed by atoms with E-state index in [1.165, 1.54) is 6.33 Å². The second-order valence-electron chi connectivity index (χ2n) is 8.15.